The van der Waals surface area contributed by atoms with Gasteiger partial charge >= 0.3 is 0 Å². The van der Waals surface area contributed by atoms with Gasteiger partial charge in [-0.05, 0) is 351 Å². The molecule has 0 radical (unpaired) electrons. The molecule has 0 unspecified atom stereocenters. The second-order valence-electron chi connectivity index (χ2n) is 39.4. The Hall–Kier alpha value is -18.7. The Morgan fingerprint density at radius 2 is 0.285 bits per heavy atom. The Morgan fingerprint density at radius 3 is 0.611 bits per heavy atom. The first-order valence-electron chi connectivity index (χ1n) is 50.4. The summed E-state index contributed by atoms with van der Waals surface area (Å²) in [7, 11) is 0. The fourth-order valence-electron chi connectivity index (χ4n) is 26.6. The summed E-state index contributed by atoms with van der Waals surface area (Å²) in [5, 5.41) is 55.8. The van der Waals surface area contributed by atoms with Crippen LogP contribution in [0.4, 0.5) is 0 Å². The van der Waals surface area contributed by atoms with E-state index < -0.39 is 0 Å². The highest BCUT2D eigenvalue weighted by atomic mass is 14.4. The van der Waals surface area contributed by atoms with Crippen molar-refractivity contribution in [3.8, 4) is 100 Å². The molecule has 0 aliphatic carbocycles. The molecule has 0 amide bonds. The van der Waals surface area contributed by atoms with Crippen LogP contribution in [0.25, 0.3) is 326 Å². The van der Waals surface area contributed by atoms with Crippen LogP contribution < -0.4 is 0 Å². The van der Waals surface area contributed by atoms with Crippen molar-refractivity contribution < 1.29 is 0 Å². The van der Waals surface area contributed by atoms with E-state index in [2.05, 4.69) is 510 Å². The second-order valence-corrected chi connectivity index (χ2v) is 39.4. The van der Waals surface area contributed by atoms with Crippen LogP contribution in [-0.2, 0) is 0 Å². The van der Waals surface area contributed by atoms with E-state index in [9.17, 15) is 0 Å². The quantitative estimate of drug-likeness (QED) is 0.126. The molecule has 0 bridgehead atoms. The molecule has 33 rings (SSSR count). The average molecular weight is 1810 g/mol. The third-order valence-electron chi connectivity index (χ3n) is 32.2. The Morgan fingerprint density at radius 1 is 0.0764 bits per heavy atom. The van der Waals surface area contributed by atoms with Crippen LogP contribution in [0, 0.1) is 0 Å². The van der Waals surface area contributed by atoms with E-state index in [4.69, 9.17) is 0 Å². The van der Waals surface area contributed by atoms with Gasteiger partial charge in [-0.15, -0.1) is 0 Å². The van der Waals surface area contributed by atoms with Crippen LogP contribution in [0.5, 0.6) is 0 Å². The minimum absolute atomic E-state index is 1.25. The highest BCUT2D eigenvalue weighted by Gasteiger charge is 2.33. The number of fused-ring (bicyclic) bond motifs is 24. The third-order valence-corrected chi connectivity index (χ3v) is 32.2. The molecule has 0 spiro atoms. The van der Waals surface area contributed by atoms with Crippen LogP contribution >= 0.6 is 0 Å². The van der Waals surface area contributed by atoms with E-state index >= 15 is 0 Å². The lowest BCUT2D eigenvalue weighted by molar-refractivity contribution is 1.66. The molecule has 0 aromatic heterocycles. The van der Waals surface area contributed by atoms with Gasteiger partial charge in [0.15, 0.2) is 0 Å². The highest BCUT2D eigenvalue weighted by Crippen LogP contribution is 2.61. The maximum Gasteiger partial charge on any atom is -0.000719 e. The molecule has 0 nitrogen and oxygen atoms in total. The van der Waals surface area contributed by atoms with Gasteiger partial charge in [-0.3, -0.25) is 0 Å². The molecule has 33 aromatic carbocycles. The smallest absolute Gasteiger partial charge is 0.000719 e. The molecule has 0 fully saturated rings. The van der Waals surface area contributed by atoms with E-state index in [1.165, 1.54) is 326 Å². The number of hydrogen-bond donors (Lipinski definition) is 0. The van der Waals surface area contributed by atoms with E-state index in [1.807, 2.05) is 0 Å². The van der Waals surface area contributed by atoms with Crippen molar-refractivity contribution in [3.05, 3.63) is 510 Å². The van der Waals surface area contributed by atoms with Gasteiger partial charge in [-0.2, -0.15) is 0 Å². The second kappa shape index (κ2) is 31.4. The maximum absolute atomic E-state index is 2.52. The van der Waals surface area contributed by atoms with E-state index in [0.717, 1.165) is 0 Å². The molecule has 0 heteroatoms. The first kappa shape index (κ1) is 80.3. The first-order valence-corrected chi connectivity index (χ1v) is 50.4. The monoisotopic (exact) mass is 1810 g/mol. The topological polar surface area (TPSA) is 0 Å². The van der Waals surface area contributed by atoms with Gasteiger partial charge < -0.3 is 0 Å². The van der Waals surface area contributed by atoms with Crippen molar-refractivity contribution in [2.75, 3.05) is 0 Å². The zero-order valence-corrected chi connectivity index (χ0v) is 78.5. The normalized spacial score (nSPS) is 12.2. The van der Waals surface area contributed by atoms with Crippen LogP contribution in [0.3, 0.4) is 0 Å². The van der Waals surface area contributed by atoms with Crippen LogP contribution in [0.1, 0.15) is 0 Å². The van der Waals surface area contributed by atoms with Gasteiger partial charge in [0.25, 0.3) is 0 Å². The molecule has 0 N–H and O–H groups in total. The summed E-state index contributed by atoms with van der Waals surface area (Å²) < 4.78 is 0. The lowest BCUT2D eigenvalue weighted by atomic mass is 9.84. The molecule has 0 saturated heterocycles. The van der Waals surface area contributed by atoms with Gasteiger partial charge in [0.1, 0.15) is 0 Å². The average Bonchev–Trinajstić information content (AvgIpc) is 1.53. The summed E-state index contributed by atoms with van der Waals surface area (Å²) in [5.41, 5.74) is 23.0. The summed E-state index contributed by atoms with van der Waals surface area (Å²) >= 11 is 0. The molecule has 0 heterocycles. The van der Waals surface area contributed by atoms with Crippen molar-refractivity contribution in [1.82, 2.24) is 0 Å². The fourth-order valence-corrected chi connectivity index (χ4v) is 26.6. The molecular weight excluding hydrogens is 1730 g/mol. The zero-order chi connectivity index (χ0) is 94.0. The summed E-state index contributed by atoms with van der Waals surface area (Å²) in [6, 6.07) is 189. The van der Waals surface area contributed by atoms with Gasteiger partial charge in [0.05, 0.1) is 0 Å². The minimum Gasteiger partial charge on any atom is -0.0622 e. The van der Waals surface area contributed by atoms with E-state index in [1.54, 1.807) is 0 Å². The van der Waals surface area contributed by atoms with Crippen molar-refractivity contribution in [3.63, 3.8) is 0 Å². The van der Waals surface area contributed by atoms with Crippen LogP contribution in [-0.4, -0.2) is 0 Å². The van der Waals surface area contributed by atoms with Gasteiger partial charge in [0.2, 0.25) is 0 Å². The Balaban J connectivity index is 0.0000000986. The predicted molar refractivity (Wildman–Crippen MR) is 623 cm³/mol. The van der Waals surface area contributed by atoms with Crippen molar-refractivity contribution in [1.29, 1.82) is 0 Å². The Kier molecular flexibility index (Phi) is 17.5. The molecule has 144 heavy (non-hydrogen) atoms. The lowest BCUT2D eigenvalue weighted by Gasteiger charge is -2.19. The minimum atomic E-state index is 1.25. The Labute approximate surface area is 829 Å². The molecular formula is C144H84. The molecule has 0 atom stereocenters. The first-order chi connectivity index (χ1) is 71.6. The van der Waals surface area contributed by atoms with Gasteiger partial charge in [-0.1, -0.05) is 485 Å². The van der Waals surface area contributed by atoms with Gasteiger partial charge in [-0.25, -0.2) is 0 Å². The lowest BCUT2D eigenvalue weighted by Crippen LogP contribution is -1.91. The van der Waals surface area contributed by atoms with Crippen molar-refractivity contribution in [2.24, 2.45) is 0 Å². The predicted octanol–water partition coefficient (Wildman–Crippen LogP) is 40.9. The van der Waals surface area contributed by atoms with Crippen molar-refractivity contribution >= 4 is 226 Å². The maximum atomic E-state index is 2.52. The van der Waals surface area contributed by atoms with E-state index in [-0.39, 0.29) is 0 Å². The van der Waals surface area contributed by atoms with Crippen molar-refractivity contribution in [2.45, 2.75) is 0 Å². The number of rotatable bonds is 9. The van der Waals surface area contributed by atoms with Crippen LogP contribution in [0.2, 0.25) is 0 Å². The molecule has 0 saturated carbocycles. The number of hydrogen-bond acceptors (Lipinski definition) is 0. The number of benzene rings is 27. The highest BCUT2D eigenvalue weighted by molar-refractivity contribution is 6.50. The molecule has 0 aliphatic heterocycles. The van der Waals surface area contributed by atoms with Crippen LogP contribution in [0.15, 0.2) is 510 Å². The molecule has 33 aromatic rings. The molecule has 0 aliphatic rings. The summed E-state index contributed by atoms with van der Waals surface area (Å²) in [6.07, 6.45) is 0. The zero-order valence-electron chi connectivity index (χ0n) is 78.5. The fraction of sp³-hybridized carbons (Fsp3) is 0. The van der Waals surface area contributed by atoms with E-state index in [0.29, 0.717) is 0 Å². The third kappa shape index (κ3) is 11.5. The SMILES string of the molecule is c1ccc(-c2ccc3c(c2)c2cccc4c5c(-c6ccccc6)c6c7cccc8cccc(c6c(-c6ccccc6)c5cc3c24)c87)cc1.c1ccc(-c2ccc3c4c(-c5ccccc5)c5c(cc6c7ccccc7c7cccc5c76)c(-c5ccccc5)c4c4cccc2c43)cc1.c1ccc(-c2ccc3c4c(-c5ccccc5)c5cc6c7ccccc7c7cccc(c5c(-c5ccccc5)c4c4cccc2c34)c76)cc1. The standard InChI is InChI=1S/3C48H28/c1-4-13-29(14-5-1)33-25-26-34-39(27-33)35-21-12-24-38-45(35)40(34)28-41-43(31-15-6-2-7-16-31)47-36-22-10-19-30-20-11-23-37(42(30)36)48(47)44(46(38)41)32-17-8-3-9-18-32;1-4-14-29(15-5-1)32-26-27-39-44-35(32)22-12-25-38(44)48-43(31-18-8-3-9-19-31)46-37-24-13-23-36-33-20-10-11-21-34(33)40(45(36)37)28-41(46)42(47(39)48)30-16-6-2-7-17-30;1-4-14-29(15-5-1)32-26-27-39-44-35(32)22-12-25-38(44)47-42(30-16-6-2-7-17-30)41-28-40-34-21-11-10-20-33(34)36-23-13-24-37(45(36)40)46(41)43(48(39)47)31-18-8-3-9-19-31/h3*1-28H. The molecule has 660 valence electrons. The Bertz CT molecular complexity index is 10600. The summed E-state index contributed by atoms with van der Waals surface area (Å²) in [4.78, 5) is 0. The summed E-state index contributed by atoms with van der Waals surface area (Å²) in [5.74, 6) is 0. The van der Waals surface area contributed by atoms with Gasteiger partial charge in [0, 0.05) is 0 Å². The largest absolute Gasteiger partial charge is 0.0622 e. The summed E-state index contributed by atoms with van der Waals surface area (Å²) in [6.45, 7) is 0.